The van der Waals surface area contributed by atoms with E-state index in [0.29, 0.717) is 41.7 Å². The van der Waals surface area contributed by atoms with Crippen molar-refractivity contribution in [2.75, 3.05) is 40.8 Å². The fraction of sp³-hybridized carbons (Fsp3) is 0.467. The van der Waals surface area contributed by atoms with Gasteiger partial charge in [-0.25, -0.2) is 9.79 Å². The maximum absolute atomic E-state index is 11.9. The van der Waals surface area contributed by atoms with Crippen LogP contribution in [0.1, 0.15) is 16.8 Å². The van der Waals surface area contributed by atoms with E-state index < -0.39 is 5.97 Å². The molecule has 0 unspecified atom stereocenters. The number of ether oxygens (including phenoxy) is 3. The predicted molar refractivity (Wildman–Crippen MR) is 87.0 cm³/mol. The Kier molecular flexibility index (Phi) is 7.52. The van der Waals surface area contributed by atoms with Crippen molar-refractivity contribution in [1.82, 2.24) is 4.90 Å². The number of rotatable bonds is 8. The van der Waals surface area contributed by atoms with Crippen LogP contribution in [0.25, 0.3) is 0 Å². The molecule has 0 N–H and O–H groups in total. The minimum Gasteiger partial charge on any atom is -0.493 e. The maximum Gasteiger partial charge on any atom is 0.340 e. The monoisotopic (exact) mass is 328 g/mol. The fourth-order valence-corrected chi connectivity index (χ4v) is 1.73. The van der Waals surface area contributed by atoms with Gasteiger partial charge in [-0.3, -0.25) is 0 Å². The molecule has 1 aromatic rings. The smallest absolute Gasteiger partial charge is 0.340 e. The van der Waals surface area contributed by atoms with Crippen LogP contribution >= 0.6 is 11.6 Å². The number of carbonyl (C=O) groups is 1. The van der Waals surface area contributed by atoms with E-state index in [1.54, 1.807) is 23.4 Å². The highest BCUT2D eigenvalue weighted by atomic mass is 35.5. The van der Waals surface area contributed by atoms with E-state index in [9.17, 15) is 4.79 Å². The minimum atomic E-state index is -0.489. The van der Waals surface area contributed by atoms with E-state index in [1.165, 1.54) is 14.2 Å². The second-order valence-electron chi connectivity index (χ2n) is 4.61. The molecule has 7 heteroatoms. The zero-order valence-corrected chi connectivity index (χ0v) is 14.0. The van der Waals surface area contributed by atoms with Gasteiger partial charge in [0, 0.05) is 32.1 Å². The molecule has 1 rings (SSSR count). The van der Waals surface area contributed by atoms with Crippen molar-refractivity contribution in [3.8, 4) is 11.5 Å². The van der Waals surface area contributed by atoms with Gasteiger partial charge >= 0.3 is 5.97 Å². The van der Waals surface area contributed by atoms with Crippen molar-refractivity contribution in [2.24, 2.45) is 4.99 Å². The van der Waals surface area contributed by atoms with E-state index in [4.69, 9.17) is 25.8 Å². The summed E-state index contributed by atoms with van der Waals surface area (Å²) in [6.07, 6.45) is 2.30. The van der Waals surface area contributed by atoms with E-state index in [1.807, 2.05) is 14.1 Å². The lowest BCUT2D eigenvalue weighted by molar-refractivity contribution is 0.0601. The van der Waals surface area contributed by atoms with Crippen molar-refractivity contribution in [3.63, 3.8) is 0 Å². The third-order valence-corrected chi connectivity index (χ3v) is 2.92. The first-order chi connectivity index (χ1) is 10.5. The normalized spacial score (nSPS) is 10.6. The lowest BCUT2D eigenvalue weighted by Crippen LogP contribution is -2.08. The topological polar surface area (TPSA) is 60.4 Å². The van der Waals surface area contributed by atoms with Crippen molar-refractivity contribution < 1.29 is 19.0 Å². The summed E-state index contributed by atoms with van der Waals surface area (Å²) in [5.74, 6) is 0.968. The molecule has 0 bridgehead atoms. The number of benzene rings is 1. The zero-order chi connectivity index (χ0) is 16.5. The fourth-order valence-electron chi connectivity index (χ4n) is 1.62. The lowest BCUT2D eigenvalue weighted by atomic mass is 10.1. The number of esters is 1. The van der Waals surface area contributed by atoms with Gasteiger partial charge in [0.1, 0.15) is 0 Å². The van der Waals surface area contributed by atoms with Crippen molar-refractivity contribution in [3.05, 3.63) is 17.7 Å². The summed E-state index contributed by atoms with van der Waals surface area (Å²) >= 11 is 5.64. The molecule has 0 aliphatic heterocycles. The van der Waals surface area contributed by atoms with Gasteiger partial charge in [-0.05, 0) is 6.42 Å². The minimum absolute atomic E-state index is 0.308. The Morgan fingerprint density at radius 2 is 2.05 bits per heavy atom. The van der Waals surface area contributed by atoms with Gasteiger partial charge in [0.05, 0.1) is 38.4 Å². The number of nitrogens with zero attached hydrogens (tertiary/aromatic N) is 2. The molecule has 0 aromatic heterocycles. The quantitative estimate of drug-likeness (QED) is 0.241. The van der Waals surface area contributed by atoms with E-state index in [2.05, 4.69) is 4.99 Å². The van der Waals surface area contributed by atoms with Crippen molar-refractivity contribution >= 4 is 29.6 Å². The van der Waals surface area contributed by atoms with Crippen LogP contribution in [0.4, 0.5) is 5.69 Å². The van der Waals surface area contributed by atoms with Gasteiger partial charge in [-0.1, -0.05) is 0 Å². The van der Waals surface area contributed by atoms with Gasteiger partial charge in [0.15, 0.2) is 11.5 Å². The molecular formula is C15H21ClN2O4. The summed E-state index contributed by atoms with van der Waals surface area (Å²) in [6.45, 7) is 0.453. The Morgan fingerprint density at radius 3 is 2.59 bits per heavy atom. The highest BCUT2D eigenvalue weighted by Crippen LogP contribution is 2.35. The second kappa shape index (κ2) is 9.15. The third-order valence-electron chi connectivity index (χ3n) is 2.65. The Morgan fingerprint density at radius 1 is 1.32 bits per heavy atom. The van der Waals surface area contributed by atoms with E-state index in [0.717, 1.165) is 0 Å². The molecule has 1 aromatic carbocycles. The molecule has 0 heterocycles. The van der Waals surface area contributed by atoms with Crippen LogP contribution in [-0.4, -0.2) is 58.0 Å². The standard InChI is InChI=1S/C15H21ClN2O4/c1-18(2)10-17-12-9-14(22-7-5-6-16)13(20-3)8-11(12)15(19)21-4/h8-10H,5-7H2,1-4H3/b17-10+. The maximum atomic E-state index is 11.9. The summed E-state index contributed by atoms with van der Waals surface area (Å²) in [6, 6.07) is 3.21. The molecule has 0 radical (unpaired) electrons. The summed E-state index contributed by atoms with van der Waals surface area (Å²) in [4.78, 5) is 17.9. The molecule has 0 spiro atoms. The van der Waals surface area contributed by atoms with Crippen LogP contribution in [0.2, 0.25) is 0 Å². The average molecular weight is 329 g/mol. The van der Waals surface area contributed by atoms with E-state index >= 15 is 0 Å². The molecule has 0 atom stereocenters. The van der Waals surface area contributed by atoms with Crippen LogP contribution < -0.4 is 9.47 Å². The predicted octanol–water partition coefficient (Wildman–Crippen LogP) is 2.71. The Labute approximate surface area is 135 Å². The molecular weight excluding hydrogens is 308 g/mol. The van der Waals surface area contributed by atoms with Crippen LogP contribution in [0, 0.1) is 0 Å². The molecule has 0 aliphatic rings. The number of methoxy groups -OCH3 is 2. The van der Waals surface area contributed by atoms with Crippen LogP contribution in [0.3, 0.4) is 0 Å². The molecule has 0 amide bonds. The molecule has 0 saturated carbocycles. The summed E-state index contributed by atoms with van der Waals surface area (Å²) < 4.78 is 15.7. The van der Waals surface area contributed by atoms with Crippen LogP contribution in [0.5, 0.6) is 11.5 Å². The molecule has 0 aliphatic carbocycles. The number of aliphatic imine (C=N–C) groups is 1. The number of hydrogen-bond donors (Lipinski definition) is 0. The van der Waals surface area contributed by atoms with Gasteiger partial charge in [0.2, 0.25) is 0 Å². The number of halogens is 1. The first-order valence-corrected chi connectivity index (χ1v) is 7.26. The highest BCUT2D eigenvalue weighted by molar-refractivity contribution is 6.17. The average Bonchev–Trinajstić information content (AvgIpc) is 2.52. The van der Waals surface area contributed by atoms with Gasteiger partial charge in [0.25, 0.3) is 0 Å². The molecule has 122 valence electrons. The van der Waals surface area contributed by atoms with Gasteiger partial charge < -0.3 is 19.1 Å². The Balaban J connectivity index is 3.23. The summed E-state index contributed by atoms with van der Waals surface area (Å²) in [7, 11) is 6.50. The first kappa shape index (κ1) is 18.1. The van der Waals surface area contributed by atoms with Crippen LogP contribution in [0.15, 0.2) is 17.1 Å². The summed E-state index contributed by atoms with van der Waals surface area (Å²) in [5, 5.41) is 0. The number of hydrogen-bond acceptors (Lipinski definition) is 5. The van der Waals surface area contributed by atoms with Crippen LogP contribution in [-0.2, 0) is 4.74 Å². The van der Waals surface area contributed by atoms with Crippen molar-refractivity contribution in [1.29, 1.82) is 0 Å². The third kappa shape index (κ3) is 5.11. The summed E-state index contributed by atoms with van der Waals surface area (Å²) in [5.41, 5.74) is 0.754. The SMILES string of the molecule is COC(=O)c1cc(OC)c(OCCCCl)cc1/N=C/N(C)C. The van der Waals surface area contributed by atoms with Gasteiger partial charge in [-0.15, -0.1) is 11.6 Å². The van der Waals surface area contributed by atoms with Crippen molar-refractivity contribution in [2.45, 2.75) is 6.42 Å². The highest BCUT2D eigenvalue weighted by Gasteiger charge is 2.17. The number of carbonyl (C=O) groups excluding carboxylic acids is 1. The second-order valence-corrected chi connectivity index (χ2v) is 4.99. The zero-order valence-electron chi connectivity index (χ0n) is 13.3. The molecule has 6 nitrogen and oxygen atoms in total. The van der Waals surface area contributed by atoms with Gasteiger partial charge in [-0.2, -0.15) is 0 Å². The molecule has 0 fully saturated rings. The number of alkyl halides is 1. The largest absolute Gasteiger partial charge is 0.493 e. The Bertz CT molecular complexity index is 533. The first-order valence-electron chi connectivity index (χ1n) is 6.73. The molecule has 22 heavy (non-hydrogen) atoms. The Hall–Kier alpha value is -1.95. The molecule has 0 saturated heterocycles. The van der Waals surface area contributed by atoms with E-state index in [-0.39, 0.29) is 0 Å². The lowest BCUT2D eigenvalue weighted by Gasteiger charge is -2.14.